The number of anilines is 2. The van der Waals surface area contributed by atoms with E-state index in [2.05, 4.69) is 10.6 Å². The fraction of sp³-hybridized carbons (Fsp3) is 0.167. The highest BCUT2D eigenvalue weighted by Crippen LogP contribution is 2.19. The van der Waals surface area contributed by atoms with E-state index in [0.717, 1.165) is 16.7 Å². The molecule has 0 heterocycles. The van der Waals surface area contributed by atoms with Gasteiger partial charge in [0.05, 0.1) is 11.3 Å². The lowest BCUT2D eigenvalue weighted by Gasteiger charge is -2.13. The molecule has 0 fully saturated rings. The molecule has 0 saturated carbocycles. The van der Waals surface area contributed by atoms with E-state index in [0.29, 0.717) is 22.7 Å². The Balaban J connectivity index is 1.65. The molecule has 0 unspecified atom stereocenters. The summed E-state index contributed by atoms with van der Waals surface area (Å²) >= 11 is 0. The molecule has 0 aromatic heterocycles. The SMILES string of the molecule is Cc1ccc(OCC(=O)Nc2ccccc2C(=O)Nc2ccc(C)c(C)c2)cc1. The molecule has 148 valence electrons. The Hall–Kier alpha value is -3.60. The van der Waals surface area contributed by atoms with Gasteiger partial charge in [0.25, 0.3) is 11.8 Å². The van der Waals surface area contributed by atoms with Gasteiger partial charge in [-0.2, -0.15) is 0 Å². The molecule has 0 aliphatic carbocycles. The smallest absolute Gasteiger partial charge is 0.262 e. The van der Waals surface area contributed by atoms with Gasteiger partial charge in [0.15, 0.2) is 6.61 Å². The summed E-state index contributed by atoms with van der Waals surface area (Å²) in [4.78, 5) is 25.0. The van der Waals surface area contributed by atoms with Crippen LogP contribution in [0.25, 0.3) is 0 Å². The lowest BCUT2D eigenvalue weighted by Crippen LogP contribution is -2.22. The lowest BCUT2D eigenvalue weighted by atomic mass is 10.1. The van der Waals surface area contributed by atoms with Gasteiger partial charge in [-0.1, -0.05) is 35.9 Å². The second-order valence-corrected chi connectivity index (χ2v) is 6.95. The van der Waals surface area contributed by atoms with Crippen molar-refractivity contribution in [3.63, 3.8) is 0 Å². The first-order valence-corrected chi connectivity index (χ1v) is 9.39. The number of benzene rings is 3. The monoisotopic (exact) mass is 388 g/mol. The molecule has 2 N–H and O–H groups in total. The molecule has 0 saturated heterocycles. The summed E-state index contributed by atoms with van der Waals surface area (Å²) in [5, 5.41) is 5.64. The Morgan fingerprint density at radius 3 is 2.28 bits per heavy atom. The molecule has 0 aliphatic rings. The van der Waals surface area contributed by atoms with E-state index in [1.807, 2.05) is 63.2 Å². The Morgan fingerprint density at radius 2 is 1.55 bits per heavy atom. The number of para-hydroxylation sites is 1. The molecule has 0 radical (unpaired) electrons. The summed E-state index contributed by atoms with van der Waals surface area (Å²) in [7, 11) is 0. The molecule has 5 heteroatoms. The molecule has 3 aromatic rings. The van der Waals surface area contributed by atoms with Crippen molar-refractivity contribution in [1.29, 1.82) is 0 Å². The lowest BCUT2D eigenvalue weighted by molar-refractivity contribution is -0.118. The van der Waals surface area contributed by atoms with Gasteiger partial charge in [-0.05, 0) is 68.3 Å². The summed E-state index contributed by atoms with van der Waals surface area (Å²) in [6.45, 7) is 5.85. The van der Waals surface area contributed by atoms with Crippen LogP contribution < -0.4 is 15.4 Å². The summed E-state index contributed by atoms with van der Waals surface area (Å²) < 4.78 is 5.50. The van der Waals surface area contributed by atoms with E-state index in [-0.39, 0.29) is 18.4 Å². The first kappa shape index (κ1) is 20.1. The van der Waals surface area contributed by atoms with Crippen molar-refractivity contribution in [2.24, 2.45) is 0 Å². The maximum Gasteiger partial charge on any atom is 0.262 e. The minimum atomic E-state index is -0.336. The van der Waals surface area contributed by atoms with E-state index < -0.39 is 0 Å². The van der Waals surface area contributed by atoms with Crippen molar-refractivity contribution < 1.29 is 14.3 Å². The number of hydrogen-bond acceptors (Lipinski definition) is 3. The zero-order valence-corrected chi connectivity index (χ0v) is 16.8. The molecule has 3 aromatic carbocycles. The normalized spacial score (nSPS) is 10.3. The minimum Gasteiger partial charge on any atom is -0.484 e. The van der Waals surface area contributed by atoms with Gasteiger partial charge < -0.3 is 15.4 Å². The summed E-state index contributed by atoms with van der Waals surface area (Å²) in [5.41, 5.74) is 4.90. The molecule has 0 spiro atoms. The van der Waals surface area contributed by atoms with Crippen LogP contribution in [0.1, 0.15) is 27.0 Å². The number of carbonyl (C=O) groups is 2. The Morgan fingerprint density at radius 1 is 0.828 bits per heavy atom. The van der Waals surface area contributed by atoms with Crippen LogP contribution in [0.3, 0.4) is 0 Å². The maximum absolute atomic E-state index is 12.7. The molecule has 0 bridgehead atoms. The molecular weight excluding hydrogens is 364 g/mol. The second kappa shape index (κ2) is 9.06. The van der Waals surface area contributed by atoms with Gasteiger partial charge in [-0.15, -0.1) is 0 Å². The fourth-order valence-corrected chi connectivity index (χ4v) is 2.78. The number of hydrogen-bond donors (Lipinski definition) is 2. The number of nitrogens with one attached hydrogen (secondary N) is 2. The predicted molar refractivity (Wildman–Crippen MR) is 116 cm³/mol. The van der Waals surface area contributed by atoms with Gasteiger partial charge in [0.2, 0.25) is 0 Å². The van der Waals surface area contributed by atoms with Crippen molar-refractivity contribution >= 4 is 23.2 Å². The summed E-state index contributed by atoms with van der Waals surface area (Å²) in [6.07, 6.45) is 0. The number of aryl methyl sites for hydroxylation is 3. The van der Waals surface area contributed by atoms with Gasteiger partial charge >= 0.3 is 0 Å². The molecular formula is C24H24N2O3. The van der Waals surface area contributed by atoms with Crippen LogP contribution in [0.2, 0.25) is 0 Å². The van der Waals surface area contributed by atoms with E-state index in [9.17, 15) is 9.59 Å². The Kier molecular flexibility index (Phi) is 6.29. The van der Waals surface area contributed by atoms with Crippen LogP contribution in [0.15, 0.2) is 66.7 Å². The minimum absolute atomic E-state index is 0.143. The van der Waals surface area contributed by atoms with Crippen molar-refractivity contribution in [2.45, 2.75) is 20.8 Å². The van der Waals surface area contributed by atoms with Crippen LogP contribution in [0, 0.1) is 20.8 Å². The van der Waals surface area contributed by atoms with Crippen LogP contribution in [-0.4, -0.2) is 18.4 Å². The van der Waals surface area contributed by atoms with Crippen LogP contribution in [-0.2, 0) is 4.79 Å². The van der Waals surface area contributed by atoms with E-state index >= 15 is 0 Å². The van der Waals surface area contributed by atoms with Crippen molar-refractivity contribution in [3.8, 4) is 5.75 Å². The molecule has 3 rings (SSSR count). The first-order valence-electron chi connectivity index (χ1n) is 9.39. The van der Waals surface area contributed by atoms with E-state index in [1.165, 1.54) is 0 Å². The molecule has 0 atom stereocenters. The molecule has 2 amide bonds. The van der Waals surface area contributed by atoms with Crippen molar-refractivity contribution in [3.05, 3.63) is 89.0 Å². The topological polar surface area (TPSA) is 67.4 Å². The van der Waals surface area contributed by atoms with Gasteiger partial charge in [0.1, 0.15) is 5.75 Å². The maximum atomic E-state index is 12.7. The van der Waals surface area contributed by atoms with E-state index in [1.54, 1.807) is 24.3 Å². The Labute approximate surface area is 170 Å². The number of amides is 2. The molecule has 5 nitrogen and oxygen atoms in total. The summed E-state index contributed by atoms with van der Waals surface area (Å²) in [5.74, 6) is -0.00729. The number of carbonyl (C=O) groups excluding carboxylic acids is 2. The third kappa shape index (κ3) is 5.45. The van der Waals surface area contributed by atoms with Crippen molar-refractivity contribution in [2.75, 3.05) is 17.2 Å². The van der Waals surface area contributed by atoms with Crippen LogP contribution >= 0.6 is 0 Å². The predicted octanol–water partition coefficient (Wildman–Crippen LogP) is 4.88. The number of ether oxygens (including phenoxy) is 1. The van der Waals surface area contributed by atoms with Gasteiger partial charge in [-0.25, -0.2) is 0 Å². The molecule has 0 aliphatic heterocycles. The second-order valence-electron chi connectivity index (χ2n) is 6.95. The fourth-order valence-electron chi connectivity index (χ4n) is 2.78. The van der Waals surface area contributed by atoms with E-state index in [4.69, 9.17) is 4.74 Å². The van der Waals surface area contributed by atoms with Gasteiger partial charge in [-0.3, -0.25) is 9.59 Å². The quantitative estimate of drug-likeness (QED) is 0.632. The number of rotatable bonds is 6. The largest absolute Gasteiger partial charge is 0.484 e. The standard InChI is InChI=1S/C24H24N2O3/c1-16-8-12-20(13-9-16)29-15-23(27)26-22-7-5-4-6-21(22)24(28)25-19-11-10-17(2)18(3)14-19/h4-14H,15H2,1-3H3,(H,25,28)(H,26,27). The zero-order chi connectivity index (χ0) is 20.8. The third-order valence-electron chi connectivity index (χ3n) is 4.60. The third-order valence-corrected chi connectivity index (χ3v) is 4.60. The van der Waals surface area contributed by atoms with Crippen LogP contribution in [0.5, 0.6) is 5.75 Å². The summed E-state index contributed by atoms with van der Waals surface area (Å²) in [6, 6.07) is 20.1. The zero-order valence-electron chi connectivity index (χ0n) is 16.8. The average Bonchev–Trinajstić information content (AvgIpc) is 2.71. The first-order chi connectivity index (χ1) is 13.9. The molecule has 29 heavy (non-hydrogen) atoms. The Bertz CT molecular complexity index is 1030. The highest BCUT2D eigenvalue weighted by atomic mass is 16.5. The highest BCUT2D eigenvalue weighted by Gasteiger charge is 2.14. The highest BCUT2D eigenvalue weighted by molar-refractivity contribution is 6.10. The van der Waals surface area contributed by atoms with Crippen molar-refractivity contribution in [1.82, 2.24) is 0 Å². The van der Waals surface area contributed by atoms with Gasteiger partial charge in [0, 0.05) is 5.69 Å². The average molecular weight is 388 g/mol. The van der Waals surface area contributed by atoms with Crippen LogP contribution in [0.4, 0.5) is 11.4 Å².